The molecular weight excluding hydrogens is 634 g/mol. The molecule has 0 aromatic rings. The SMILES string of the molecule is CCCCC/C=C/C/C=C/CCCCCCCC(=O)N[C@@H](CO[C@H]1O[C@@H](CO)[C@H](O)C(O)C1O)[C@H](O)/C=C/CC/C=C/CCCCCCCC. The van der Waals surface area contributed by atoms with Crippen LogP contribution in [0.25, 0.3) is 0 Å². The van der Waals surface area contributed by atoms with Crippen LogP contribution in [0.3, 0.4) is 0 Å². The Morgan fingerprint density at radius 3 is 1.84 bits per heavy atom. The Hall–Kier alpha value is -1.85. The summed E-state index contributed by atoms with van der Waals surface area (Å²) in [4.78, 5) is 12.9. The van der Waals surface area contributed by atoms with Crippen molar-refractivity contribution in [3.8, 4) is 0 Å². The predicted octanol–water partition coefficient (Wildman–Crippen LogP) is 7.11. The Morgan fingerprint density at radius 2 is 1.20 bits per heavy atom. The highest BCUT2D eigenvalue weighted by Crippen LogP contribution is 2.22. The summed E-state index contributed by atoms with van der Waals surface area (Å²) in [6.07, 6.45) is 31.5. The summed E-state index contributed by atoms with van der Waals surface area (Å²) in [6.45, 7) is 3.67. The monoisotopic (exact) mass is 708 g/mol. The lowest BCUT2D eigenvalue weighted by Crippen LogP contribution is -2.60. The van der Waals surface area contributed by atoms with E-state index in [0.29, 0.717) is 6.42 Å². The van der Waals surface area contributed by atoms with Crippen LogP contribution < -0.4 is 5.32 Å². The molecule has 9 heteroatoms. The standard InChI is InChI=1S/C41H73NO8/c1-3-5-7-9-11-13-15-17-18-19-21-23-25-27-29-31-37(45)42-34(33-49-41-40(48)39(47)38(46)36(32-43)50-41)35(44)30-28-26-24-22-20-16-14-12-10-8-6-4-2/h11,13,17-18,20,22,28,30,34-36,38-41,43-44,46-48H,3-10,12,14-16,19,21,23-27,29,31-33H2,1-2H3,(H,42,45)/b13-11+,18-17+,22-20+,30-28+/t34-,35+,36-,38-,39?,40?,41-/m0/s1. The molecule has 9 nitrogen and oxygen atoms in total. The summed E-state index contributed by atoms with van der Waals surface area (Å²) in [6, 6.07) is -0.827. The van der Waals surface area contributed by atoms with Crippen LogP contribution in [0, 0.1) is 0 Å². The number of aliphatic hydroxyl groups is 5. The first-order valence-electron chi connectivity index (χ1n) is 19.9. The third-order valence-corrected chi connectivity index (χ3v) is 9.13. The average Bonchev–Trinajstić information content (AvgIpc) is 3.11. The average molecular weight is 708 g/mol. The van der Waals surface area contributed by atoms with E-state index >= 15 is 0 Å². The van der Waals surface area contributed by atoms with E-state index in [1.54, 1.807) is 6.08 Å². The molecule has 0 aromatic carbocycles. The molecular formula is C41H73NO8. The molecule has 0 aliphatic carbocycles. The normalized spacial score (nSPS) is 22.7. The van der Waals surface area contributed by atoms with Crippen molar-refractivity contribution in [2.24, 2.45) is 0 Å². The summed E-state index contributed by atoms with van der Waals surface area (Å²) in [5.41, 5.74) is 0. The van der Waals surface area contributed by atoms with Gasteiger partial charge in [-0.25, -0.2) is 0 Å². The number of carbonyl (C=O) groups is 1. The number of allylic oxidation sites excluding steroid dienone is 7. The number of hydrogen-bond donors (Lipinski definition) is 6. The molecule has 50 heavy (non-hydrogen) atoms. The van der Waals surface area contributed by atoms with Crippen molar-refractivity contribution in [3.63, 3.8) is 0 Å². The van der Waals surface area contributed by atoms with E-state index in [-0.39, 0.29) is 12.5 Å². The maximum Gasteiger partial charge on any atom is 0.220 e. The third kappa shape index (κ3) is 22.9. The highest BCUT2D eigenvalue weighted by Gasteiger charge is 2.44. The first-order valence-corrected chi connectivity index (χ1v) is 19.9. The first kappa shape index (κ1) is 46.2. The zero-order chi connectivity index (χ0) is 36.7. The second-order valence-corrected chi connectivity index (χ2v) is 13.7. The van der Waals surface area contributed by atoms with E-state index in [4.69, 9.17) is 9.47 Å². The molecule has 0 spiro atoms. The van der Waals surface area contributed by atoms with Gasteiger partial charge in [0.05, 0.1) is 25.4 Å². The van der Waals surface area contributed by atoms with E-state index in [2.05, 4.69) is 55.6 Å². The second-order valence-electron chi connectivity index (χ2n) is 13.7. The fraction of sp³-hybridized carbons (Fsp3) is 0.780. The van der Waals surface area contributed by atoms with Crippen LogP contribution in [0.15, 0.2) is 48.6 Å². The van der Waals surface area contributed by atoms with Gasteiger partial charge in [0, 0.05) is 6.42 Å². The molecule has 1 fully saturated rings. The second kappa shape index (κ2) is 31.9. The number of carbonyl (C=O) groups excluding carboxylic acids is 1. The smallest absolute Gasteiger partial charge is 0.220 e. The quantitative estimate of drug-likeness (QED) is 0.0330. The lowest BCUT2D eigenvalue weighted by Gasteiger charge is -2.40. The number of rotatable bonds is 31. The molecule has 1 rings (SSSR count). The zero-order valence-electron chi connectivity index (χ0n) is 31.4. The molecule has 0 saturated carbocycles. The number of nitrogens with one attached hydrogen (secondary N) is 1. The number of amides is 1. The number of hydrogen-bond acceptors (Lipinski definition) is 8. The fourth-order valence-corrected chi connectivity index (χ4v) is 5.85. The van der Waals surface area contributed by atoms with E-state index in [1.165, 1.54) is 64.2 Å². The fourth-order valence-electron chi connectivity index (χ4n) is 5.85. The van der Waals surface area contributed by atoms with Crippen LogP contribution in [-0.2, 0) is 14.3 Å². The maximum atomic E-state index is 12.9. The maximum absolute atomic E-state index is 12.9. The third-order valence-electron chi connectivity index (χ3n) is 9.13. The minimum atomic E-state index is -1.57. The molecule has 1 aliphatic rings. The topological polar surface area (TPSA) is 149 Å². The Labute approximate surface area is 303 Å². The van der Waals surface area contributed by atoms with Crippen LogP contribution in [0.1, 0.15) is 149 Å². The molecule has 2 unspecified atom stereocenters. The van der Waals surface area contributed by atoms with Gasteiger partial charge in [0.1, 0.15) is 24.4 Å². The van der Waals surface area contributed by atoms with Crippen LogP contribution in [-0.4, -0.2) is 87.5 Å². The van der Waals surface area contributed by atoms with Crippen molar-refractivity contribution in [2.75, 3.05) is 13.2 Å². The van der Waals surface area contributed by atoms with Gasteiger partial charge in [0.25, 0.3) is 0 Å². The summed E-state index contributed by atoms with van der Waals surface area (Å²) in [5.74, 6) is -0.205. The molecule has 0 bridgehead atoms. The Balaban J connectivity index is 2.48. The molecule has 6 N–H and O–H groups in total. The number of unbranched alkanes of at least 4 members (excludes halogenated alkanes) is 15. The molecule has 1 saturated heterocycles. The lowest BCUT2D eigenvalue weighted by atomic mass is 9.99. The molecule has 290 valence electrons. The van der Waals surface area contributed by atoms with Gasteiger partial charge < -0.3 is 40.3 Å². The number of aliphatic hydroxyl groups excluding tert-OH is 5. The largest absolute Gasteiger partial charge is 0.394 e. The minimum Gasteiger partial charge on any atom is -0.394 e. The Bertz CT molecular complexity index is 920. The zero-order valence-corrected chi connectivity index (χ0v) is 31.4. The van der Waals surface area contributed by atoms with Gasteiger partial charge in [-0.15, -0.1) is 0 Å². The summed E-state index contributed by atoms with van der Waals surface area (Å²) in [5, 5.41) is 53.9. The minimum absolute atomic E-state index is 0.205. The molecule has 0 radical (unpaired) electrons. The van der Waals surface area contributed by atoms with Gasteiger partial charge in [0.15, 0.2) is 6.29 Å². The molecule has 1 amide bonds. The van der Waals surface area contributed by atoms with Gasteiger partial charge in [-0.3, -0.25) is 4.79 Å². The van der Waals surface area contributed by atoms with Crippen LogP contribution in [0.4, 0.5) is 0 Å². The van der Waals surface area contributed by atoms with E-state index in [9.17, 15) is 30.3 Å². The highest BCUT2D eigenvalue weighted by atomic mass is 16.7. The van der Waals surface area contributed by atoms with Crippen molar-refractivity contribution in [3.05, 3.63) is 48.6 Å². The van der Waals surface area contributed by atoms with Gasteiger partial charge in [0.2, 0.25) is 5.91 Å². The van der Waals surface area contributed by atoms with Gasteiger partial charge in [-0.1, -0.05) is 127 Å². The van der Waals surface area contributed by atoms with Crippen molar-refractivity contribution < 1.29 is 39.8 Å². The highest BCUT2D eigenvalue weighted by molar-refractivity contribution is 5.76. The van der Waals surface area contributed by atoms with Crippen LogP contribution in [0.2, 0.25) is 0 Å². The van der Waals surface area contributed by atoms with Gasteiger partial charge in [-0.2, -0.15) is 0 Å². The van der Waals surface area contributed by atoms with Crippen molar-refractivity contribution in [2.45, 2.75) is 192 Å². The molecule has 0 aromatic heterocycles. The van der Waals surface area contributed by atoms with Crippen molar-refractivity contribution in [1.82, 2.24) is 5.32 Å². The van der Waals surface area contributed by atoms with Gasteiger partial charge in [-0.05, 0) is 64.2 Å². The lowest BCUT2D eigenvalue weighted by molar-refractivity contribution is -0.302. The van der Waals surface area contributed by atoms with Crippen LogP contribution in [0.5, 0.6) is 0 Å². The Morgan fingerprint density at radius 1 is 0.680 bits per heavy atom. The summed E-state index contributed by atoms with van der Waals surface area (Å²) >= 11 is 0. The molecule has 7 atom stereocenters. The Kier molecular flexibility index (Phi) is 29.4. The van der Waals surface area contributed by atoms with Gasteiger partial charge >= 0.3 is 0 Å². The molecule has 1 aliphatic heterocycles. The summed E-state index contributed by atoms with van der Waals surface area (Å²) in [7, 11) is 0. The predicted molar refractivity (Wildman–Crippen MR) is 203 cm³/mol. The van der Waals surface area contributed by atoms with E-state index < -0.39 is 49.5 Å². The van der Waals surface area contributed by atoms with E-state index in [0.717, 1.165) is 64.2 Å². The first-order chi connectivity index (χ1) is 24.3. The van der Waals surface area contributed by atoms with Crippen LogP contribution >= 0.6 is 0 Å². The van der Waals surface area contributed by atoms with Crippen molar-refractivity contribution >= 4 is 5.91 Å². The van der Waals surface area contributed by atoms with Crippen molar-refractivity contribution in [1.29, 1.82) is 0 Å². The molecule has 1 heterocycles. The van der Waals surface area contributed by atoms with E-state index in [1.807, 2.05) is 6.08 Å². The number of ether oxygens (including phenoxy) is 2. The summed E-state index contributed by atoms with van der Waals surface area (Å²) < 4.78 is 11.1.